The lowest BCUT2D eigenvalue weighted by Crippen LogP contribution is -2.54. The molecule has 0 saturated carbocycles. The van der Waals surface area contributed by atoms with Crippen molar-refractivity contribution in [1.82, 2.24) is 19.8 Å². The number of aromatic nitrogens is 2. The largest absolute Gasteiger partial charge is 0.352 e. The average Bonchev–Trinajstić information content (AvgIpc) is 3.49. The van der Waals surface area contributed by atoms with E-state index in [0.29, 0.717) is 54.8 Å². The summed E-state index contributed by atoms with van der Waals surface area (Å²) >= 11 is 13.9. The van der Waals surface area contributed by atoms with Crippen LogP contribution in [0, 0.1) is 0 Å². The average molecular weight is 490 g/mol. The van der Waals surface area contributed by atoms with E-state index >= 15 is 0 Å². The fourth-order valence-corrected chi connectivity index (χ4v) is 5.56. The van der Waals surface area contributed by atoms with Gasteiger partial charge in [0.25, 0.3) is 5.91 Å². The number of thiophene rings is 1. The number of fused-ring (bicyclic) bond motifs is 1. The van der Waals surface area contributed by atoms with Crippen molar-refractivity contribution >= 4 is 62.4 Å². The first-order valence-electron chi connectivity index (χ1n) is 10.5. The summed E-state index contributed by atoms with van der Waals surface area (Å²) in [6.07, 6.45) is 3.04. The minimum atomic E-state index is -0.466. The lowest BCUT2D eigenvalue weighted by molar-refractivity contribution is -0.135. The monoisotopic (exact) mass is 489 g/mol. The number of rotatable bonds is 3. The van der Waals surface area contributed by atoms with Crippen molar-refractivity contribution in [3.05, 3.63) is 51.6 Å². The Bertz CT molecular complexity index is 1180. The van der Waals surface area contributed by atoms with Crippen molar-refractivity contribution in [3.63, 3.8) is 0 Å². The third-order valence-corrected chi connectivity index (χ3v) is 7.47. The molecule has 32 heavy (non-hydrogen) atoms. The Morgan fingerprint density at radius 3 is 2.66 bits per heavy atom. The fraction of sp³-hybridized carbons (Fsp3) is 0.364. The van der Waals surface area contributed by atoms with Crippen LogP contribution in [-0.4, -0.2) is 70.3 Å². The molecule has 166 valence electrons. The van der Waals surface area contributed by atoms with Gasteiger partial charge in [0.05, 0.1) is 16.0 Å². The van der Waals surface area contributed by atoms with Gasteiger partial charge in [0, 0.05) is 37.7 Å². The van der Waals surface area contributed by atoms with Crippen molar-refractivity contribution in [2.24, 2.45) is 0 Å². The van der Waals surface area contributed by atoms with Crippen LogP contribution in [0.25, 0.3) is 10.2 Å². The molecule has 4 heterocycles. The first kappa shape index (κ1) is 21.4. The first-order chi connectivity index (χ1) is 15.5. The van der Waals surface area contributed by atoms with Gasteiger partial charge in [-0.2, -0.15) is 0 Å². The van der Waals surface area contributed by atoms with Crippen molar-refractivity contribution in [2.75, 3.05) is 37.6 Å². The number of amides is 2. The van der Waals surface area contributed by atoms with E-state index in [1.165, 1.54) is 0 Å². The Hall–Kier alpha value is -2.42. The number of benzene rings is 1. The number of nitrogens with zero attached hydrogens (tertiary/aromatic N) is 5. The highest BCUT2D eigenvalue weighted by atomic mass is 35.5. The molecule has 2 aliphatic heterocycles. The number of likely N-dealkylation sites (tertiary alicyclic amines) is 1. The number of piperazine rings is 1. The molecule has 0 bridgehead atoms. The van der Waals surface area contributed by atoms with E-state index in [4.69, 9.17) is 23.2 Å². The molecule has 2 fully saturated rings. The van der Waals surface area contributed by atoms with Gasteiger partial charge in [-0.15, -0.1) is 11.3 Å². The summed E-state index contributed by atoms with van der Waals surface area (Å²) < 4.78 is 0. The highest BCUT2D eigenvalue weighted by Crippen LogP contribution is 2.29. The van der Waals surface area contributed by atoms with E-state index in [-0.39, 0.29) is 11.8 Å². The van der Waals surface area contributed by atoms with Crippen molar-refractivity contribution in [2.45, 2.75) is 18.9 Å². The Balaban J connectivity index is 1.28. The summed E-state index contributed by atoms with van der Waals surface area (Å²) in [5.41, 5.74) is 0.340. The Morgan fingerprint density at radius 2 is 1.84 bits per heavy atom. The Kier molecular flexibility index (Phi) is 5.92. The second kappa shape index (κ2) is 8.84. The second-order valence-electron chi connectivity index (χ2n) is 7.93. The molecule has 1 atom stereocenters. The fourth-order valence-electron chi connectivity index (χ4n) is 4.46. The maximum atomic E-state index is 13.3. The van der Waals surface area contributed by atoms with Gasteiger partial charge in [0.2, 0.25) is 5.91 Å². The Labute approximate surface area is 199 Å². The molecule has 0 radical (unpaired) electrons. The number of halogens is 2. The summed E-state index contributed by atoms with van der Waals surface area (Å²) in [5.74, 6) is 0.668. The normalized spacial score (nSPS) is 19.1. The van der Waals surface area contributed by atoms with Gasteiger partial charge in [-0.05, 0) is 42.5 Å². The molecule has 7 nitrogen and oxygen atoms in total. The summed E-state index contributed by atoms with van der Waals surface area (Å²) in [6.45, 7) is 3.09. The smallest absolute Gasteiger partial charge is 0.256 e. The van der Waals surface area contributed by atoms with Gasteiger partial charge in [-0.1, -0.05) is 23.2 Å². The lowest BCUT2D eigenvalue weighted by atomic mass is 10.1. The van der Waals surface area contributed by atoms with E-state index in [9.17, 15) is 9.59 Å². The molecule has 0 spiro atoms. The Morgan fingerprint density at radius 1 is 1.03 bits per heavy atom. The number of carbonyl (C=O) groups excluding carboxylic acids is 2. The molecule has 3 aromatic rings. The predicted octanol–water partition coefficient (Wildman–Crippen LogP) is 3.95. The van der Waals surface area contributed by atoms with E-state index in [0.717, 1.165) is 22.5 Å². The lowest BCUT2D eigenvalue weighted by Gasteiger charge is -2.38. The summed E-state index contributed by atoms with van der Waals surface area (Å²) in [6, 6.07) is 6.40. The van der Waals surface area contributed by atoms with Crippen LogP contribution in [0.4, 0.5) is 5.82 Å². The van der Waals surface area contributed by atoms with E-state index in [1.807, 2.05) is 16.3 Å². The molecule has 1 aromatic carbocycles. The van der Waals surface area contributed by atoms with Gasteiger partial charge < -0.3 is 14.7 Å². The zero-order valence-corrected chi connectivity index (χ0v) is 19.5. The minimum absolute atomic E-state index is 0.00276. The maximum absolute atomic E-state index is 13.3. The van der Waals surface area contributed by atoms with Crippen LogP contribution in [0.2, 0.25) is 10.0 Å². The van der Waals surface area contributed by atoms with Crippen LogP contribution in [0.1, 0.15) is 23.2 Å². The van der Waals surface area contributed by atoms with Crippen LogP contribution in [0.3, 0.4) is 0 Å². The molecular formula is C22H21Cl2N5O2S. The molecule has 0 aliphatic carbocycles. The molecule has 2 aliphatic rings. The number of anilines is 1. The maximum Gasteiger partial charge on any atom is 0.256 e. The number of hydrogen-bond donors (Lipinski definition) is 0. The zero-order chi connectivity index (χ0) is 22.2. The molecule has 2 saturated heterocycles. The summed E-state index contributed by atoms with van der Waals surface area (Å²) in [5, 5.41) is 3.85. The van der Waals surface area contributed by atoms with Gasteiger partial charge in [0.15, 0.2) is 0 Å². The first-order valence-corrected chi connectivity index (χ1v) is 12.1. The summed E-state index contributed by atoms with van der Waals surface area (Å²) in [4.78, 5) is 41.9. The van der Waals surface area contributed by atoms with Crippen LogP contribution in [0.5, 0.6) is 0 Å². The van der Waals surface area contributed by atoms with E-state index < -0.39 is 6.04 Å². The molecule has 2 aromatic heterocycles. The van der Waals surface area contributed by atoms with Crippen molar-refractivity contribution < 1.29 is 9.59 Å². The summed E-state index contributed by atoms with van der Waals surface area (Å²) in [7, 11) is 0. The third-order valence-electron chi connectivity index (χ3n) is 6.09. The molecule has 1 unspecified atom stereocenters. The zero-order valence-electron chi connectivity index (χ0n) is 17.2. The van der Waals surface area contributed by atoms with Crippen molar-refractivity contribution in [1.29, 1.82) is 0 Å². The van der Waals surface area contributed by atoms with Crippen LogP contribution >= 0.6 is 34.5 Å². The third kappa shape index (κ3) is 3.91. The highest BCUT2D eigenvalue weighted by molar-refractivity contribution is 7.16. The van der Waals surface area contributed by atoms with E-state index in [1.54, 1.807) is 40.8 Å². The molecule has 10 heteroatoms. The second-order valence-corrected chi connectivity index (χ2v) is 9.67. The van der Waals surface area contributed by atoms with Gasteiger partial charge in [0.1, 0.15) is 23.0 Å². The van der Waals surface area contributed by atoms with Crippen LogP contribution < -0.4 is 4.90 Å². The van der Waals surface area contributed by atoms with Gasteiger partial charge >= 0.3 is 0 Å². The molecule has 2 amide bonds. The number of hydrogen-bond acceptors (Lipinski definition) is 6. The van der Waals surface area contributed by atoms with Crippen LogP contribution in [0.15, 0.2) is 36.0 Å². The van der Waals surface area contributed by atoms with Crippen molar-refractivity contribution in [3.8, 4) is 0 Å². The minimum Gasteiger partial charge on any atom is -0.352 e. The quantitative estimate of drug-likeness (QED) is 0.556. The standard InChI is InChI=1S/C22H21Cl2N5O2S/c23-14-3-4-17(24)16(12-14)21(30)29-6-1-2-18(29)22(31)28-9-7-27(8-10-28)19-15-5-11-32-20(15)26-13-25-19/h3-5,11-13,18H,1-2,6-10H2. The number of carbonyl (C=O) groups is 2. The topological polar surface area (TPSA) is 69.6 Å². The van der Waals surface area contributed by atoms with Crippen LogP contribution in [-0.2, 0) is 4.79 Å². The van der Waals surface area contributed by atoms with Gasteiger partial charge in [-0.25, -0.2) is 9.97 Å². The molecular weight excluding hydrogens is 469 g/mol. The highest BCUT2D eigenvalue weighted by Gasteiger charge is 2.38. The molecule has 0 N–H and O–H groups in total. The molecule has 5 rings (SSSR count). The van der Waals surface area contributed by atoms with E-state index in [2.05, 4.69) is 14.9 Å². The SMILES string of the molecule is O=C(C1CCCN1C(=O)c1cc(Cl)ccc1Cl)N1CCN(c2ncnc3sccc23)CC1. The van der Waals surface area contributed by atoms with Gasteiger partial charge in [-0.3, -0.25) is 9.59 Å². The predicted molar refractivity (Wildman–Crippen MR) is 127 cm³/mol.